The van der Waals surface area contributed by atoms with E-state index in [1.807, 2.05) is 30.3 Å². The van der Waals surface area contributed by atoms with Crippen molar-refractivity contribution in [3.8, 4) is 0 Å². The smallest absolute Gasteiger partial charge is 0.253 e. The Morgan fingerprint density at radius 3 is 2.58 bits per heavy atom. The molecule has 4 heteroatoms. The van der Waals surface area contributed by atoms with E-state index >= 15 is 0 Å². The molecule has 1 heterocycles. The van der Waals surface area contributed by atoms with Crippen LogP contribution in [0.2, 0.25) is 0 Å². The van der Waals surface area contributed by atoms with Gasteiger partial charge in [-0.3, -0.25) is 9.78 Å². The Morgan fingerprint density at radius 1 is 1.21 bits per heavy atom. The summed E-state index contributed by atoms with van der Waals surface area (Å²) in [5, 5.41) is 0. The second-order valence-electron chi connectivity index (χ2n) is 4.34. The number of hydrogen-bond donors (Lipinski definition) is 1. The Hall–Kier alpha value is -1.81. The second kappa shape index (κ2) is 6.38. The Balaban J connectivity index is 1.94. The third-order valence-electron chi connectivity index (χ3n) is 2.89. The zero-order valence-corrected chi connectivity index (χ0v) is 11.7. The first-order valence-corrected chi connectivity index (χ1v) is 6.56. The lowest BCUT2D eigenvalue weighted by Crippen LogP contribution is -2.28. The first-order valence-electron chi connectivity index (χ1n) is 6.11. The molecule has 0 aliphatic carbocycles. The number of carbonyl (C=O) groups is 1. The van der Waals surface area contributed by atoms with Crippen LogP contribution in [0.25, 0.3) is 0 Å². The van der Waals surface area contributed by atoms with E-state index < -0.39 is 0 Å². The van der Waals surface area contributed by atoms with Crippen LogP contribution in [0.1, 0.15) is 16.1 Å². The number of carbonyl (C=O) groups excluding carboxylic acids is 1. The molecule has 19 heavy (non-hydrogen) atoms. The number of likely N-dealkylation sites (N-methyl/N-ethyl adjacent to an activating group) is 1. The van der Waals surface area contributed by atoms with Crippen LogP contribution in [0.15, 0.2) is 53.6 Å². The topological polar surface area (TPSA) is 33.2 Å². The van der Waals surface area contributed by atoms with Crippen molar-refractivity contribution in [2.45, 2.75) is 11.3 Å². The fraction of sp³-hybridized carbons (Fsp3) is 0.200. The predicted molar refractivity (Wildman–Crippen MR) is 78.6 cm³/mol. The van der Waals surface area contributed by atoms with Crippen molar-refractivity contribution in [1.29, 1.82) is 0 Å². The van der Waals surface area contributed by atoms with Crippen LogP contribution in [0.5, 0.6) is 0 Å². The fourth-order valence-corrected chi connectivity index (χ4v) is 1.90. The first kappa shape index (κ1) is 13.6. The Labute approximate surface area is 118 Å². The number of hydrogen-bond acceptors (Lipinski definition) is 3. The summed E-state index contributed by atoms with van der Waals surface area (Å²) in [6, 6.07) is 13.0. The van der Waals surface area contributed by atoms with Crippen molar-refractivity contribution in [2.75, 3.05) is 13.6 Å². The number of benzene rings is 1. The van der Waals surface area contributed by atoms with Gasteiger partial charge in [0.2, 0.25) is 0 Å². The molecule has 0 unspecified atom stereocenters. The lowest BCUT2D eigenvalue weighted by molar-refractivity contribution is 0.0796. The zero-order valence-electron chi connectivity index (χ0n) is 10.8. The van der Waals surface area contributed by atoms with Gasteiger partial charge in [0.15, 0.2) is 0 Å². The predicted octanol–water partition coefficient (Wildman–Crippen LogP) is 2.69. The summed E-state index contributed by atoms with van der Waals surface area (Å²) in [6.07, 6.45) is 2.52. The maximum atomic E-state index is 12.2. The molecular formula is C15H16N2OS. The van der Waals surface area contributed by atoms with Gasteiger partial charge in [0, 0.05) is 42.4 Å². The van der Waals surface area contributed by atoms with Crippen LogP contribution >= 0.6 is 12.6 Å². The molecule has 1 amide bonds. The summed E-state index contributed by atoms with van der Waals surface area (Å²) >= 11 is 4.21. The van der Waals surface area contributed by atoms with Gasteiger partial charge in [-0.2, -0.15) is 0 Å². The van der Waals surface area contributed by atoms with Crippen molar-refractivity contribution in [3.63, 3.8) is 0 Å². The summed E-state index contributed by atoms with van der Waals surface area (Å²) in [5.74, 6) is 0.0178. The summed E-state index contributed by atoms with van der Waals surface area (Å²) < 4.78 is 0. The van der Waals surface area contributed by atoms with Gasteiger partial charge in [-0.1, -0.05) is 6.07 Å². The van der Waals surface area contributed by atoms with Gasteiger partial charge in [0.25, 0.3) is 5.91 Å². The number of aromatic nitrogens is 1. The van der Waals surface area contributed by atoms with Crippen LogP contribution in [0, 0.1) is 0 Å². The molecule has 3 nitrogen and oxygen atoms in total. The monoisotopic (exact) mass is 272 g/mol. The Kier molecular flexibility index (Phi) is 4.58. The summed E-state index contributed by atoms with van der Waals surface area (Å²) in [6.45, 7) is 0.651. The van der Waals surface area contributed by atoms with E-state index in [0.29, 0.717) is 12.1 Å². The van der Waals surface area contributed by atoms with Crippen LogP contribution in [0.4, 0.5) is 0 Å². The van der Waals surface area contributed by atoms with Crippen molar-refractivity contribution in [2.24, 2.45) is 0 Å². The number of pyridine rings is 1. The van der Waals surface area contributed by atoms with Gasteiger partial charge in [0.05, 0.1) is 0 Å². The molecule has 0 radical (unpaired) electrons. The summed E-state index contributed by atoms with van der Waals surface area (Å²) in [7, 11) is 1.81. The molecule has 0 saturated carbocycles. The minimum absolute atomic E-state index is 0.0178. The van der Waals surface area contributed by atoms with E-state index in [1.165, 1.54) is 0 Å². The van der Waals surface area contributed by atoms with Gasteiger partial charge in [-0.15, -0.1) is 12.6 Å². The van der Waals surface area contributed by atoms with Crippen molar-refractivity contribution in [3.05, 3.63) is 59.9 Å². The normalized spacial score (nSPS) is 10.2. The maximum Gasteiger partial charge on any atom is 0.253 e. The minimum Gasteiger partial charge on any atom is -0.341 e. The van der Waals surface area contributed by atoms with Crippen LogP contribution < -0.4 is 0 Å². The highest BCUT2D eigenvalue weighted by atomic mass is 32.1. The molecule has 0 spiro atoms. The van der Waals surface area contributed by atoms with E-state index in [2.05, 4.69) is 17.6 Å². The van der Waals surface area contributed by atoms with E-state index in [9.17, 15) is 4.79 Å². The van der Waals surface area contributed by atoms with Gasteiger partial charge >= 0.3 is 0 Å². The third kappa shape index (κ3) is 3.83. The average Bonchev–Trinajstić information content (AvgIpc) is 2.46. The number of thiol groups is 1. The molecule has 0 atom stereocenters. The third-order valence-corrected chi connectivity index (χ3v) is 3.19. The molecule has 0 bridgehead atoms. The quantitative estimate of drug-likeness (QED) is 0.868. The Bertz CT molecular complexity index is 540. The van der Waals surface area contributed by atoms with Crippen LogP contribution in [-0.4, -0.2) is 29.4 Å². The largest absolute Gasteiger partial charge is 0.341 e. The highest BCUT2D eigenvalue weighted by Gasteiger charge is 2.11. The molecule has 0 N–H and O–H groups in total. The molecule has 1 aromatic heterocycles. The molecule has 2 aromatic rings. The van der Waals surface area contributed by atoms with E-state index in [1.54, 1.807) is 30.3 Å². The maximum absolute atomic E-state index is 12.2. The standard InChI is InChI=1S/C15H16N2OS/c1-17(11-9-13-4-2-3-10-16-13)15(18)12-5-7-14(19)8-6-12/h2-8,10,19H,9,11H2,1H3. The molecule has 0 saturated heterocycles. The van der Waals surface area contributed by atoms with Gasteiger partial charge in [-0.05, 0) is 36.4 Å². The van der Waals surface area contributed by atoms with E-state index in [-0.39, 0.29) is 5.91 Å². The zero-order chi connectivity index (χ0) is 13.7. The molecule has 0 fully saturated rings. The molecule has 2 rings (SSSR count). The summed E-state index contributed by atoms with van der Waals surface area (Å²) in [4.78, 5) is 19.0. The molecule has 0 aliphatic heterocycles. The molecule has 98 valence electrons. The minimum atomic E-state index is 0.0178. The highest BCUT2D eigenvalue weighted by molar-refractivity contribution is 7.80. The number of amides is 1. The van der Waals surface area contributed by atoms with Gasteiger partial charge in [0.1, 0.15) is 0 Å². The highest BCUT2D eigenvalue weighted by Crippen LogP contribution is 2.10. The molecule has 1 aromatic carbocycles. The van der Waals surface area contributed by atoms with Crippen LogP contribution in [-0.2, 0) is 6.42 Å². The van der Waals surface area contributed by atoms with E-state index in [4.69, 9.17) is 0 Å². The van der Waals surface area contributed by atoms with Crippen LogP contribution in [0.3, 0.4) is 0 Å². The lowest BCUT2D eigenvalue weighted by Gasteiger charge is -2.17. The van der Waals surface area contributed by atoms with E-state index in [0.717, 1.165) is 17.0 Å². The number of rotatable bonds is 4. The van der Waals surface area contributed by atoms with Gasteiger partial charge in [-0.25, -0.2) is 0 Å². The van der Waals surface area contributed by atoms with Crippen molar-refractivity contribution < 1.29 is 4.79 Å². The fourth-order valence-electron chi connectivity index (χ4n) is 1.75. The summed E-state index contributed by atoms with van der Waals surface area (Å²) in [5.41, 5.74) is 1.68. The number of nitrogens with zero attached hydrogens (tertiary/aromatic N) is 2. The molecule has 0 aliphatic rings. The SMILES string of the molecule is CN(CCc1ccccn1)C(=O)c1ccc(S)cc1. The average molecular weight is 272 g/mol. The Morgan fingerprint density at radius 2 is 1.95 bits per heavy atom. The van der Waals surface area contributed by atoms with Gasteiger partial charge < -0.3 is 4.90 Å². The van der Waals surface area contributed by atoms with Crippen molar-refractivity contribution >= 4 is 18.5 Å². The van der Waals surface area contributed by atoms with Crippen molar-refractivity contribution in [1.82, 2.24) is 9.88 Å². The second-order valence-corrected chi connectivity index (χ2v) is 4.86. The first-order chi connectivity index (χ1) is 9.16. The molecular weight excluding hydrogens is 256 g/mol. The lowest BCUT2D eigenvalue weighted by atomic mass is 10.2.